The zero-order chi connectivity index (χ0) is 13.8. The molecule has 0 saturated carbocycles. The Morgan fingerprint density at radius 2 is 2.00 bits per heavy atom. The van der Waals surface area contributed by atoms with Gasteiger partial charge in [0.15, 0.2) is 0 Å². The van der Waals surface area contributed by atoms with Gasteiger partial charge in [-0.05, 0) is 31.5 Å². The van der Waals surface area contributed by atoms with Crippen LogP contribution in [0.4, 0.5) is 5.69 Å². The first-order valence-electron chi connectivity index (χ1n) is 6.09. The van der Waals surface area contributed by atoms with Crippen LogP contribution < -0.4 is 10.5 Å². The fourth-order valence-electron chi connectivity index (χ4n) is 1.81. The van der Waals surface area contributed by atoms with Crippen LogP contribution in [0.25, 0.3) is 0 Å². The van der Waals surface area contributed by atoms with Crippen molar-refractivity contribution in [1.29, 1.82) is 0 Å². The number of rotatable bonds is 4. The van der Waals surface area contributed by atoms with Crippen LogP contribution in [0.2, 0.25) is 0 Å². The SMILES string of the molecule is COc1cc(C)nc(CSc2cc(C)ccc2N)c1. The van der Waals surface area contributed by atoms with Crippen LogP contribution in [0, 0.1) is 13.8 Å². The topological polar surface area (TPSA) is 48.1 Å². The third-order valence-corrected chi connectivity index (χ3v) is 3.86. The van der Waals surface area contributed by atoms with E-state index >= 15 is 0 Å². The van der Waals surface area contributed by atoms with Gasteiger partial charge >= 0.3 is 0 Å². The number of hydrogen-bond acceptors (Lipinski definition) is 4. The molecule has 0 bridgehead atoms. The summed E-state index contributed by atoms with van der Waals surface area (Å²) in [7, 11) is 1.67. The highest BCUT2D eigenvalue weighted by atomic mass is 32.2. The van der Waals surface area contributed by atoms with Crippen molar-refractivity contribution in [2.45, 2.75) is 24.5 Å². The second-order valence-electron chi connectivity index (χ2n) is 4.47. The zero-order valence-corrected chi connectivity index (χ0v) is 12.3. The minimum absolute atomic E-state index is 0.783. The molecular weight excluding hydrogens is 256 g/mol. The van der Waals surface area contributed by atoms with Gasteiger partial charge < -0.3 is 10.5 Å². The number of nitrogens with zero attached hydrogens (tertiary/aromatic N) is 1. The van der Waals surface area contributed by atoms with Crippen LogP contribution in [-0.2, 0) is 5.75 Å². The zero-order valence-electron chi connectivity index (χ0n) is 11.4. The second-order valence-corrected chi connectivity index (χ2v) is 5.49. The Hall–Kier alpha value is -1.68. The molecule has 1 aromatic heterocycles. The second kappa shape index (κ2) is 5.97. The van der Waals surface area contributed by atoms with E-state index in [2.05, 4.69) is 18.0 Å². The highest BCUT2D eigenvalue weighted by Gasteiger charge is 2.04. The molecule has 0 fully saturated rings. The number of nitrogen functional groups attached to an aromatic ring is 1. The standard InChI is InChI=1S/C15H18N2OS/c1-10-4-5-14(16)15(6-10)19-9-12-8-13(18-3)7-11(2)17-12/h4-8H,9,16H2,1-3H3. The van der Waals surface area contributed by atoms with Crippen molar-refractivity contribution >= 4 is 17.4 Å². The fourth-order valence-corrected chi connectivity index (χ4v) is 2.77. The van der Waals surface area contributed by atoms with E-state index in [4.69, 9.17) is 10.5 Å². The Balaban J connectivity index is 2.14. The first kappa shape index (κ1) is 13.7. The molecule has 0 aliphatic rings. The average molecular weight is 274 g/mol. The van der Waals surface area contributed by atoms with Crippen LogP contribution >= 0.6 is 11.8 Å². The van der Waals surface area contributed by atoms with Gasteiger partial charge in [-0.25, -0.2) is 0 Å². The van der Waals surface area contributed by atoms with E-state index in [0.717, 1.165) is 33.5 Å². The number of thioether (sulfide) groups is 1. The first-order valence-corrected chi connectivity index (χ1v) is 7.07. The maximum atomic E-state index is 5.97. The molecule has 1 heterocycles. The smallest absolute Gasteiger partial charge is 0.122 e. The van der Waals surface area contributed by atoms with Gasteiger partial charge in [0.25, 0.3) is 0 Å². The van der Waals surface area contributed by atoms with Crippen LogP contribution in [0.3, 0.4) is 0 Å². The summed E-state index contributed by atoms with van der Waals surface area (Å²) in [5.74, 6) is 1.63. The number of ether oxygens (including phenoxy) is 1. The van der Waals surface area contributed by atoms with E-state index < -0.39 is 0 Å². The summed E-state index contributed by atoms with van der Waals surface area (Å²) in [5, 5.41) is 0. The van der Waals surface area contributed by atoms with E-state index in [0.29, 0.717) is 0 Å². The molecule has 2 N–H and O–H groups in total. The van der Waals surface area contributed by atoms with Crippen LogP contribution in [-0.4, -0.2) is 12.1 Å². The van der Waals surface area contributed by atoms with E-state index in [1.54, 1.807) is 18.9 Å². The highest BCUT2D eigenvalue weighted by Crippen LogP contribution is 2.29. The lowest BCUT2D eigenvalue weighted by molar-refractivity contribution is 0.413. The predicted octanol–water partition coefficient (Wildman–Crippen LogP) is 3.58. The number of aromatic nitrogens is 1. The van der Waals surface area contributed by atoms with Gasteiger partial charge in [0.2, 0.25) is 0 Å². The number of hydrogen-bond donors (Lipinski definition) is 1. The molecule has 0 amide bonds. The van der Waals surface area contributed by atoms with Crippen molar-refractivity contribution in [1.82, 2.24) is 4.98 Å². The number of aryl methyl sites for hydroxylation is 2. The summed E-state index contributed by atoms with van der Waals surface area (Å²) in [6, 6.07) is 9.96. The quantitative estimate of drug-likeness (QED) is 0.684. The van der Waals surface area contributed by atoms with Gasteiger partial charge in [-0.1, -0.05) is 6.07 Å². The number of methoxy groups -OCH3 is 1. The third kappa shape index (κ3) is 3.64. The third-order valence-electron chi connectivity index (χ3n) is 2.76. The van der Waals surface area contributed by atoms with Crippen molar-refractivity contribution in [2.24, 2.45) is 0 Å². The average Bonchev–Trinajstić information content (AvgIpc) is 2.39. The number of nitrogens with two attached hydrogens (primary N) is 1. The molecular formula is C15H18N2OS. The van der Waals surface area contributed by atoms with Gasteiger partial charge in [0, 0.05) is 34.2 Å². The Morgan fingerprint density at radius 1 is 1.21 bits per heavy atom. The molecule has 0 aliphatic heterocycles. The maximum Gasteiger partial charge on any atom is 0.122 e. The maximum absolute atomic E-state index is 5.97. The largest absolute Gasteiger partial charge is 0.497 e. The van der Waals surface area contributed by atoms with Gasteiger partial charge in [0.1, 0.15) is 5.75 Å². The van der Waals surface area contributed by atoms with Gasteiger partial charge in [-0.15, -0.1) is 11.8 Å². The first-order chi connectivity index (χ1) is 9.08. The highest BCUT2D eigenvalue weighted by molar-refractivity contribution is 7.98. The Labute approximate surface area is 118 Å². The molecule has 0 aliphatic carbocycles. The molecule has 0 radical (unpaired) electrons. The summed E-state index contributed by atoms with van der Waals surface area (Å²) in [6.45, 7) is 4.04. The van der Waals surface area contributed by atoms with Crippen LogP contribution in [0.15, 0.2) is 35.2 Å². The molecule has 19 heavy (non-hydrogen) atoms. The normalized spacial score (nSPS) is 10.5. The Bertz CT molecular complexity index is 584. The summed E-state index contributed by atoms with van der Waals surface area (Å²) in [6.07, 6.45) is 0. The van der Waals surface area contributed by atoms with Crippen LogP contribution in [0.5, 0.6) is 5.75 Å². The predicted molar refractivity (Wildman–Crippen MR) is 80.7 cm³/mol. The molecule has 0 spiro atoms. The monoisotopic (exact) mass is 274 g/mol. The molecule has 4 heteroatoms. The molecule has 0 unspecified atom stereocenters. The number of anilines is 1. The van der Waals surface area contributed by atoms with Gasteiger partial charge in [-0.2, -0.15) is 0 Å². The Kier molecular flexibility index (Phi) is 4.32. The van der Waals surface area contributed by atoms with E-state index in [9.17, 15) is 0 Å². The van der Waals surface area contributed by atoms with Crippen molar-refractivity contribution in [3.05, 3.63) is 47.3 Å². The molecule has 0 atom stereocenters. The van der Waals surface area contributed by atoms with Crippen molar-refractivity contribution in [3.63, 3.8) is 0 Å². The van der Waals surface area contributed by atoms with Gasteiger partial charge in [0.05, 0.1) is 12.8 Å². The lowest BCUT2D eigenvalue weighted by Crippen LogP contribution is -1.94. The van der Waals surface area contributed by atoms with Crippen molar-refractivity contribution in [2.75, 3.05) is 12.8 Å². The Morgan fingerprint density at radius 3 is 2.74 bits per heavy atom. The van der Waals surface area contributed by atoms with E-state index in [1.807, 2.05) is 31.2 Å². The number of benzene rings is 1. The minimum Gasteiger partial charge on any atom is -0.497 e. The fraction of sp³-hybridized carbons (Fsp3) is 0.267. The summed E-state index contributed by atoms with van der Waals surface area (Å²) in [4.78, 5) is 5.61. The molecule has 0 saturated heterocycles. The molecule has 2 rings (SSSR count). The van der Waals surface area contributed by atoms with Crippen molar-refractivity contribution < 1.29 is 4.74 Å². The van der Waals surface area contributed by atoms with E-state index in [1.165, 1.54) is 5.56 Å². The molecule has 1 aromatic carbocycles. The van der Waals surface area contributed by atoms with E-state index in [-0.39, 0.29) is 0 Å². The van der Waals surface area contributed by atoms with Crippen LogP contribution in [0.1, 0.15) is 17.0 Å². The lowest BCUT2D eigenvalue weighted by Gasteiger charge is -2.08. The number of pyridine rings is 1. The summed E-state index contributed by atoms with van der Waals surface area (Å²) >= 11 is 1.70. The minimum atomic E-state index is 0.783. The summed E-state index contributed by atoms with van der Waals surface area (Å²) in [5.41, 5.74) is 9.97. The molecule has 3 nitrogen and oxygen atoms in total. The summed E-state index contributed by atoms with van der Waals surface area (Å²) < 4.78 is 5.26. The van der Waals surface area contributed by atoms with Crippen molar-refractivity contribution in [3.8, 4) is 5.75 Å². The molecule has 2 aromatic rings. The molecule has 100 valence electrons. The lowest BCUT2D eigenvalue weighted by atomic mass is 10.2. The van der Waals surface area contributed by atoms with Gasteiger partial charge in [-0.3, -0.25) is 4.98 Å².